The van der Waals surface area contributed by atoms with Crippen LogP contribution in [-0.4, -0.2) is 31.9 Å². The molecule has 6 heteroatoms. The van der Waals surface area contributed by atoms with Gasteiger partial charge in [0.2, 0.25) is 0 Å². The molecule has 0 aromatic carbocycles. The van der Waals surface area contributed by atoms with E-state index in [-0.39, 0.29) is 11.9 Å². The first-order chi connectivity index (χ1) is 9.79. The number of carbonyl (C=O) groups excluding carboxylic acids is 1. The molecule has 20 heavy (non-hydrogen) atoms. The fourth-order valence-electron chi connectivity index (χ4n) is 2.84. The molecule has 0 spiro atoms. The Morgan fingerprint density at radius 3 is 3.10 bits per heavy atom. The number of carbonyl (C=O) groups is 1. The van der Waals surface area contributed by atoms with Gasteiger partial charge in [-0.1, -0.05) is 28.8 Å². The highest BCUT2D eigenvalue weighted by molar-refractivity contribution is 9.09. The molecule has 5 nitrogen and oxygen atoms in total. The molecule has 106 valence electrons. The van der Waals surface area contributed by atoms with Crippen molar-refractivity contribution in [2.75, 3.05) is 5.33 Å². The van der Waals surface area contributed by atoms with Crippen molar-refractivity contribution in [1.29, 1.82) is 0 Å². The minimum atomic E-state index is -0.0501. The summed E-state index contributed by atoms with van der Waals surface area (Å²) in [4.78, 5) is 16.5. The van der Waals surface area contributed by atoms with E-state index in [9.17, 15) is 4.79 Å². The Morgan fingerprint density at radius 2 is 2.25 bits per heavy atom. The standard InChI is InChI=1S/C14H17BrN4O/c15-7-10-3-1-2-4-12(10)18-14(20)11-8-17-19-6-5-16-9-13(11)19/h5-6,8-10,12H,1-4,7H2,(H,18,20). The molecule has 3 rings (SSSR count). The smallest absolute Gasteiger partial charge is 0.255 e. The zero-order valence-corrected chi connectivity index (χ0v) is 12.7. The largest absolute Gasteiger partial charge is 0.349 e. The van der Waals surface area contributed by atoms with Crippen LogP contribution in [0.15, 0.2) is 24.8 Å². The first-order valence-corrected chi connectivity index (χ1v) is 8.06. The van der Waals surface area contributed by atoms with E-state index in [0.29, 0.717) is 11.5 Å². The lowest BCUT2D eigenvalue weighted by Crippen LogP contribution is -2.42. The maximum atomic E-state index is 12.4. The normalized spacial score (nSPS) is 22.9. The molecule has 1 fully saturated rings. The second-order valence-corrected chi connectivity index (χ2v) is 5.89. The summed E-state index contributed by atoms with van der Waals surface area (Å²) in [7, 11) is 0. The Labute approximate surface area is 125 Å². The van der Waals surface area contributed by atoms with Gasteiger partial charge in [0.05, 0.1) is 23.5 Å². The van der Waals surface area contributed by atoms with Crippen molar-refractivity contribution in [2.45, 2.75) is 31.7 Å². The Balaban J connectivity index is 1.78. The lowest BCUT2D eigenvalue weighted by atomic mass is 9.86. The highest BCUT2D eigenvalue weighted by atomic mass is 79.9. The molecular formula is C14H17BrN4O. The molecular weight excluding hydrogens is 320 g/mol. The Kier molecular flexibility index (Phi) is 4.00. The molecule has 1 aliphatic rings. The first kappa shape index (κ1) is 13.5. The minimum absolute atomic E-state index is 0.0501. The predicted molar refractivity (Wildman–Crippen MR) is 80.0 cm³/mol. The summed E-state index contributed by atoms with van der Waals surface area (Å²) in [5.74, 6) is 0.471. The van der Waals surface area contributed by atoms with Gasteiger partial charge in [0.1, 0.15) is 0 Å². The average molecular weight is 337 g/mol. The van der Waals surface area contributed by atoms with Crippen LogP contribution < -0.4 is 5.32 Å². The van der Waals surface area contributed by atoms with Gasteiger partial charge in [-0.3, -0.25) is 9.78 Å². The molecule has 2 atom stereocenters. The lowest BCUT2D eigenvalue weighted by Gasteiger charge is -2.30. The van der Waals surface area contributed by atoms with Crippen LogP contribution in [0.25, 0.3) is 5.52 Å². The van der Waals surface area contributed by atoms with Crippen LogP contribution in [0.1, 0.15) is 36.0 Å². The summed E-state index contributed by atoms with van der Waals surface area (Å²) in [5.41, 5.74) is 1.34. The summed E-state index contributed by atoms with van der Waals surface area (Å²) in [5, 5.41) is 8.28. The molecule has 0 saturated heterocycles. The van der Waals surface area contributed by atoms with Crippen LogP contribution >= 0.6 is 15.9 Å². The number of rotatable bonds is 3. The van der Waals surface area contributed by atoms with Crippen molar-refractivity contribution < 1.29 is 4.79 Å². The number of alkyl halides is 1. The maximum Gasteiger partial charge on any atom is 0.255 e. The highest BCUT2D eigenvalue weighted by Crippen LogP contribution is 2.26. The molecule has 2 unspecified atom stereocenters. The summed E-state index contributed by atoms with van der Waals surface area (Å²) in [6, 6.07) is 0.252. The summed E-state index contributed by atoms with van der Waals surface area (Å²) in [6.07, 6.45) is 11.3. The van der Waals surface area contributed by atoms with E-state index in [0.717, 1.165) is 17.3 Å². The highest BCUT2D eigenvalue weighted by Gasteiger charge is 2.26. The predicted octanol–water partition coefficient (Wildman–Crippen LogP) is 2.41. The molecule has 1 amide bonds. The molecule has 1 aliphatic carbocycles. The SMILES string of the molecule is O=C(NC1CCCCC1CBr)c1cnn2ccncc12. The zero-order valence-electron chi connectivity index (χ0n) is 11.1. The number of hydrogen-bond donors (Lipinski definition) is 1. The van der Waals surface area contributed by atoms with Crippen LogP contribution in [0.5, 0.6) is 0 Å². The Hall–Kier alpha value is -1.43. The van der Waals surface area contributed by atoms with E-state index >= 15 is 0 Å². The minimum Gasteiger partial charge on any atom is -0.349 e. The molecule has 0 bridgehead atoms. The fraction of sp³-hybridized carbons (Fsp3) is 0.500. The van der Waals surface area contributed by atoms with E-state index in [2.05, 4.69) is 31.3 Å². The van der Waals surface area contributed by atoms with Crippen LogP contribution in [-0.2, 0) is 0 Å². The third-order valence-corrected chi connectivity index (χ3v) is 4.82. The van der Waals surface area contributed by atoms with Crippen LogP contribution in [0.3, 0.4) is 0 Å². The van der Waals surface area contributed by atoms with Gasteiger partial charge >= 0.3 is 0 Å². The Bertz CT molecular complexity index is 612. The van der Waals surface area contributed by atoms with E-state index in [1.807, 2.05) is 0 Å². The average Bonchev–Trinajstić information content (AvgIpc) is 2.92. The quantitative estimate of drug-likeness (QED) is 0.875. The number of hydrogen-bond acceptors (Lipinski definition) is 3. The summed E-state index contributed by atoms with van der Waals surface area (Å²) >= 11 is 3.55. The number of fused-ring (bicyclic) bond motifs is 1. The number of amides is 1. The molecule has 1 saturated carbocycles. The van der Waals surface area contributed by atoms with Crippen LogP contribution in [0.4, 0.5) is 0 Å². The Morgan fingerprint density at radius 1 is 1.40 bits per heavy atom. The van der Waals surface area contributed by atoms with E-state index < -0.39 is 0 Å². The maximum absolute atomic E-state index is 12.4. The van der Waals surface area contributed by atoms with Gasteiger partial charge < -0.3 is 5.32 Å². The van der Waals surface area contributed by atoms with Gasteiger partial charge in [0.15, 0.2) is 0 Å². The fourth-order valence-corrected chi connectivity index (χ4v) is 3.61. The monoisotopic (exact) mass is 336 g/mol. The summed E-state index contributed by atoms with van der Waals surface area (Å²) in [6.45, 7) is 0. The van der Waals surface area contributed by atoms with E-state index in [1.54, 1.807) is 29.3 Å². The lowest BCUT2D eigenvalue weighted by molar-refractivity contribution is 0.0913. The van der Waals surface area contributed by atoms with Crippen molar-refractivity contribution in [3.63, 3.8) is 0 Å². The molecule has 0 aliphatic heterocycles. The van der Waals surface area contributed by atoms with Gasteiger partial charge in [-0.2, -0.15) is 5.10 Å². The van der Waals surface area contributed by atoms with Crippen molar-refractivity contribution >= 4 is 27.4 Å². The molecule has 0 radical (unpaired) electrons. The third kappa shape index (κ3) is 2.57. The van der Waals surface area contributed by atoms with Gasteiger partial charge in [-0.25, -0.2) is 4.52 Å². The zero-order chi connectivity index (χ0) is 13.9. The van der Waals surface area contributed by atoms with Gasteiger partial charge in [-0.05, 0) is 18.8 Å². The van der Waals surface area contributed by atoms with Crippen molar-refractivity contribution in [3.8, 4) is 0 Å². The topological polar surface area (TPSA) is 59.3 Å². The van der Waals surface area contributed by atoms with Crippen LogP contribution in [0.2, 0.25) is 0 Å². The number of halogens is 1. The van der Waals surface area contributed by atoms with Gasteiger partial charge in [0, 0.05) is 23.8 Å². The third-order valence-electron chi connectivity index (χ3n) is 3.99. The van der Waals surface area contributed by atoms with E-state index in [1.165, 1.54) is 19.3 Å². The summed E-state index contributed by atoms with van der Waals surface area (Å²) < 4.78 is 1.67. The molecule has 1 N–H and O–H groups in total. The number of aromatic nitrogens is 3. The first-order valence-electron chi connectivity index (χ1n) is 6.94. The molecule has 2 aromatic rings. The second-order valence-electron chi connectivity index (χ2n) is 5.24. The molecule has 2 heterocycles. The number of nitrogens with one attached hydrogen (secondary N) is 1. The van der Waals surface area contributed by atoms with Gasteiger partial charge in [0.25, 0.3) is 5.91 Å². The number of nitrogens with zero attached hydrogens (tertiary/aromatic N) is 3. The van der Waals surface area contributed by atoms with Crippen molar-refractivity contribution in [3.05, 3.63) is 30.4 Å². The van der Waals surface area contributed by atoms with Crippen LogP contribution in [0, 0.1) is 5.92 Å². The van der Waals surface area contributed by atoms with Gasteiger partial charge in [-0.15, -0.1) is 0 Å². The van der Waals surface area contributed by atoms with Crippen molar-refractivity contribution in [1.82, 2.24) is 19.9 Å². The molecule has 2 aromatic heterocycles. The second kappa shape index (κ2) is 5.91. The van der Waals surface area contributed by atoms with E-state index in [4.69, 9.17) is 0 Å². The van der Waals surface area contributed by atoms with Crippen molar-refractivity contribution in [2.24, 2.45) is 5.92 Å².